The predicted octanol–water partition coefficient (Wildman–Crippen LogP) is 2.28. The van der Waals surface area contributed by atoms with Gasteiger partial charge >= 0.3 is 5.97 Å². The minimum Gasteiger partial charge on any atom is -0.481 e. The number of carbonyl (C=O) groups is 2. The van der Waals surface area contributed by atoms with Gasteiger partial charge in [0.15, 0.2) is 0 Å². The van der Waals surface area contributed by atoms with E-state index in [1.807, 2.05) is 6.92 Å². The van der Waals surface area contributed by atoms with E-state index in [4.69, 9.17) is 16.7 Å². The number of aliphatic carboxylic acids is 1. The summed E-state index contributed by atoms with van der Waals surface area (Å²) in [6.07, 6.45) is 2.13. The van der Waals surface area contributed by atoms with Gasteiger partial charge < -0.3 is 10.4 Å². The number of hydrogen-bond acceptors (Lipinski definition) is 3. The molecule has 0 unspecified atom stereocenters. The standard InChI is InChI=1S/C13H17ClN2O3/c1-2-4-10-7-9(8-11(14)16-10)13(19)15-6-3-5-12(17)18/h7-8H,2-6H2,1H3,(H,15,19)(H,17,18). The minimum atomic E-state index is -0.869. The van der Waals surface area contributed by atoms with E-state index in [1.165, 1.54) is 6.07 Å². The van der Waals surface area contributed by atoms with Crippen molar-refractivity contribution in [2.75, 3.05) is 6.54 Å². The van der Waals surface area contributed by atoms with Gasteiger partial charge in [0, 0.05) is 24.2 Å². The molecular weight excluding hydrogens is 268 g/mol. The molecule has 0 fully saturated rings. The second-order valence-corrected chi connectivity index (χ2v) is 4.56. The second kappa shape index (κ2) is 7.74. The molecule has 0 aromatic carbocycles. The summed E-state index contributed by atoms with van der Waals surface area (Å²) in [6, 6.07) is 3.22. The Morgan fingerprint density at radius 1 is 1.42 bits per heavy atom. The first kappa shape index (κ1) is 15.4. The number of hydrogen-bond donors (Lipinski definition) is 2. The Morgan fingerprint density at radius 3 is 2.79 bits per heavy atom. The lowest BCUT2D eigenvalue weighted by atomic mass is 10.1. The molecule has 1 amide bonds. The SMILES string of the molecule is CCCc1cc(C(=O)NCCCC(=O)O)cc(Cl)n1. The minimum absolute atomic E-state index is 0.0401. The molecule has 0 radical (unpaired) electrons. The molecule has 19 heavy (non-hydrogen) atoms. The van der Waals surface area contributed by atoms with E-state index in [-0.39, 0.29) is 12.3 Å². The zero-order valence-electron chi connectivity index (χ0n) is 10.8. The third kappa shape index (κ3) is 5.70. The van der Waals surface area contributed by atoms with Crippen molar-refractivity contribution in [3.63, 3.8) is 0 Å². The third-order valence-corrected chi connectivity index (χ3v) is 2.66. The van der Waals surface area contributed by atoms with Gasteiger partial charge in [-0.2, -0.15) is 0 Å². The van der Waals surface area contributed by atoms with Crippen LogP contribution in [0.1, 0.15) is 42.2 Å². The Bertz CT molecular complexity index is 463. The molecule has 5 nitrogen and oxygen atoms in total. The van der Waals surface area contributed by atoms with Crippen molar-refractivity contribution in [1.29, 1.82) is 0 Å². The lowest BCUT2D eigenvalue weighted by Crippen LogP contribution is -2.25. The molecule has 6 heteroatoms. The van der Waals surface area contributed by atoms with Crippen molar-refractivity contribution in [3.8, 4) is 0 Å². The van der Waals surface area contributed by atoms with Gasteiger partial charge in [-0.15, -0.1) is 0 Å². The molecular formula is C13H17ClN2O3. The summed E-state index contributed by atoms with van der Waals surface area (Å²) in [7, 11) is 0. The lowest BCUT2D eigenvalue weighted by Gasteiger charge is -2.06. The van der Waals surface area contributed by atoms with E-state index in [2.05, 4.69) is 10.3 Å². The van der Waals surface area contributed by atoms with Crippen LogP contribution in [0.4, 0.5) is 0 Å². The summed E-state index contributed by atoms with van der Waals surface area (Å²) < 4.78 is 0. The van der Waals surface area contributed by atoms with Crippen LogP contribution >= 0.6 is 11.6 Å². The lowest BCUT2D eigenvalue weighted by molar-refractivity contribution is -0.137. The number of nitrogens with one attached hydrogen (secondary N) is 1. The number of pyridine rings is 1. The molecule has 1 aromatic rings. The van der Waals surface area contributed by atoms with Crippen LogP contribution < -0.4 is 5.32 Å². The molecule has 104 valence electrons. The van der Waals surface area contributed by atoms with Crippen LogP contribution in [-0.4, -0.2) is 28.5 Å². The highest BCUT2D eigenvalue weighted by molar-refractivity contribution is 6.29. The van der Waals surface area contributed by atoms with Gasteiger partial charge in [-0.3, -0.25) is 9.59 Å². The molecule has 0 saturated carbocycles. The Balaban J connectivity index is 2.58. The van der Waals surface area contributed by atoms with E-state index < -0.39 is 5.97 Å². The van der Waals surface area contributed by atoms with E-state index in [1.54, 1.807) is 6.07 Å². The number of carbonyl (C=O) groups excluding carboxylic acids is 1. The van der Waals surface area contributed by atoms with Crippen molar-refractivity contribution in [2.24, 2.45) is 0 Å². The zero-order valence-corrected chi connectivity index (χ0v) is 11.5. The van der Waals surface area contributed by atoms with Crippen LogP contribution in [0.3, 0.4) is 0 Å². The van der Waals surface area contributed by atoms with E-state index in [9.17, 15) is 9.59 Å². The molecule has 0 aliphatic carbocycles. The van der Waals surface area contributed by atoms with Crippen molar-refractivity contribution < 1.29 is 14.7 Å². The van der Waals surface area contributed by atoms with Crippen molar-refractivity contribution in [2.45, 2.75) is 32.6 Å². The van der Waals surface area contributed by atoms with Gasteiger partial charge in [-0.1, -0.05) is 24.9 Å². The molecule has 0 spiro atoms. The summed E-state index contributed by atoms with van der Waals surface area (Å²) in [6.45, 7) is 2.35. The van der Waals surface area contributed by atoms with Gasteiger partial charge in [0.25, 0.3) is 5.91 Å². The molecule has 0 aliphatic rings. The first-order valence-corrected chi connectivity index (χ1v) is 6.57. The zero-order chi connectivity index (χ0) is 14.3. The monoisotopic (exact) mass is 284 g/mol. The molecule has 2 N–H and O–H groups in total. The number of amides is 1. The van der Waals surface area contributed by atoms with Crippen molar-refractivity contribution in [3.05, 3.63) is 28.5 Å². The summed E-state index contributed by atoms with van der Waals surface area (Å²) in [4.78, 5) is 26.3. The van der Waals surface area contributed by atoms with Gasteiger partial charge in [-0.25, -0.2) is 4.98 Å². The first-order valence-electron chi connectivity index (χ1n) is 6.19. The van der Waals surface area contributed by atoms with Crippen LogP contribution in [0.15, 0.2) is 12.1 Å². The largest absolute Gasteiger partial charge is 0.481 e. The number of aromatic nitrogens is 1. The Morgan fingerprint density at radius 2 is 2.16 bits per heavy atom. The highest BCUT2D eigenvalue weighted by atomic mass is 35.5. The molecule has 0 saturated heterocycles. The Labute approximate surface area is 117 Å². The van der Waals surface area contributed by atoms with Gasteiger partial charge in [-0.05, 0) is 25.0 Å². The fraction of sp³-hybridized carbons (Fsp3) is 0.462. The molecule has 0 bridgehead atoms. The number of nitrogens with zero attached hydrogens (tertiary/aromatic N) is 1. The van der Waals surface area contributed by atoms with E-state index in [0.29, 0.717) is 23.7 Å². The van der Waals surface area contributed by atoms with Crippen LogP contribution in [0.2, 0.25) is 5.15 Å². The van der Waals surface area contributed by atoms with Crippen LogP contribution in [-0.2, 0) is 11.2 Å². The quantitative estimate of drug-likeness (QED) is 0.595. The number of carboxylic acid groups (broad SMARTS) is 1. The predicted molar refractivity (Wildman–Crippen MR) is 72.4 cm³/mol. The fourth-order valence-corrected chi connectivity index (χ4v) is 1.84. The first-order chi connectivity index (χ1) is 9.02. The average Bonchev–Trinajstić information content (AvgIpc) is 2.34. The van der Waals surface area contributed by atoms with Gasteiger partial charge in [0.2, 0.25) is 0 Å². The highest BCUT2D eigenvalue weighted by Gasteiger charge is 2.09. The van der Waals surface area contributed by atoms with Crippen molar-refractivity contribution >= 4 is 23.5 Å². The third-order valence-electron chi connectivity index (χ3n) is 2.47. The maximum atomic E-state index is 11.9. The van der Waals surface area contributed by atoms with E-state index in [0.717, 1.165) is 18.5 Å². The maximum absolute atomic E-state index is 11.9. The summed E-state index contributed by atoms with van der Waals surface area (Å²) in [5.41, 5.74) is 1.24. The second-order valence-electron chi connectivity index (χ2n) is 4.17. The topological polar surface area (TPSA) is 79.3 Å². The molecule has 1 rings (SSSR count). The number of aryl methyl sites for hydroxylation is 1. The smallest absolute Gasteiger partial charge is 0.303 e. The Hall–Kier alpha value is -1.62. The summed E-state index contributed by atoms with van der Waals surface area (Å²) in [5.74, 6) is -1.13. The normalized spacial score (nSPS) is 10.2. The highest BCUT2D eigenvalue weighted by Crippen LogP contribution is 2.12. The number of halogens is 1. The van der Waals surface area contributed by atoms with Crippen molar-refractivity contribution in [1.82, 2.24) is 10.3 Å². The Kier molecular flexibility index (Phi) is 6.29. The van der Waals surface area contributed by atoms with E-state index >= 15 is 0 Å². The molecule has 1 aromatic heterocycles. The fourth-order valence-electron chi connectivity index (χ4n) is 1.61. The average molecular weight is 285 g/mol. The summed E-state index contributed by atoms with van der Waals surface area (Å²) >= 11 is 5.86. The summed E-state index contributed by atoms with van der Waals surface area (Å²) in [5, 5.41) is 11.4. The molecule has 1 heterocycles. The number of carboxylic acids is 1. The maximum Gasteiger partial charge on any atom is 0.303 e. The van der Waals surface area contributed by atoms with Crippen LogP contribution in [0.5, 0.6) is 0 Å². The van der Waals surface area contributed by atoms with Crippen LogP contribution in [0.25, 0.3) is 0 Å². The van der Waals surface area contributed by atoms with Gasteiger partial charge in [0.1, 0.15) is 5.15 Å². The molecule has 0 atom stereocenters. The molecule has 0 aliphatic heterocycles. The van der Waals surface area contributed by atoms with Gasteiger partial charge in [0.05, 0.1) is 0 Å². The van der Waals surface area contributed by atoms with Crippen LogP contribution in [0, 0.1) is 0 Å². The number of rotatable bonds is 7.